The molecule has 134 valence electrons. The second-order valence-corrected chi connectivity index (χ2v) is 7.23. The van der Waals surface area contributed by atoms with Gasteiger partial charge in [0.1, 0.15) is 17.1 Å². The number of benzene rings is 1. The van der Waals surface area contributed by atoms with Crippen LogP contribution >= 0.6 is 27.5 Å². The molecule has 2 N–H and O–H groups in total. The highest BCUT2D eigenvalue weighted by atomic mass is 79.9. The Morgan fingerprint density at radius 2 is 2.15 bits per heavy atom. The zero-order valence-corrected chi connectivity index (χ0v) is 15.5. The van der Waals surface area contributed by atoms with Crippen molar-refractivity contribution in [2.75, 3.05) is 10.6 Å². The number of anilines is 2. The van der Waals surface area contributed by atoms with Crippen molar-refractivity contribution >= 4 is 50.6 Å². The molecule has 1 aromatic heterocycles. The predicted octanol–water partition coefficient (Wildman–Crippen LogP) is 5.13. The summed E-state index contributed by atoms with van der Waals surface area (Å²) < 4.78 is 28.6. The van der Waals surface area contributed by atoms with Crippen LogP contribution in [0, 0.1) is 0 Å². The van der Waals surface area contributed by atoms with Crippen molar-refractivity contribution in [1.82, 2.24) is 9.78 Å². The fraction of sp³-hybridized carbons (Fsp3) is 0.176. The maximum Gasteiger partial charge on any atom is 0.280 e. The topological polar surface area (TPSA) is 59.0 Å². The lowest BCUT2D eigenvalue weighted by Gasteiger charge is -2.20. The van der Waals surface area contributed by atoms with Crippen LogP contribution in [0.5, 0.6) is 0 Å². The van der Waals surface area contributed by atoms with Gasteiger partial charge >= 0.3 is 0 Å². The molecule has 1 aromatic carbocycles. The number of allylic oxidation sites excluding steroid dienone is 3. The SMILES string of the molecule is O=C(Nc1ccc(Br)cc1Cl)c1cnn2c1NC(=C1CC1)C=C2C(F)F. The van der Waals surface area contributed by atoms with Gasteiger partial charge in [-0.25, -0.2) is 13.5 Å². The van der Waals surface area contributed by atoms with Crippen molar-refractivity contribution in [3.8, 4) is 0 Å². The molecule has 4 rings (SSSR count). The van der Waals surface area contributed by atoms with Crippen molar-refractivity contribution < 1.29 is 13.6 Å². The minimum absolute atomic E-state index is 0.161. The summed E-state index contributed by atoms with van der Waals surface area (Å²) in [5.41, 5.74) is 1.99. The van der Waals surface area contributed by atoms with Gasteiger partial charge in [0.05, 0.1) is 16.9 Å². The van der Waals surface area contributed by atoms with Gasteiger partial charge in [0.15, 0.2) is 0 Å². The van der Waals surface area contributed by atoms with Crippen LogP contribution in [0.1, 0.15) is 23.2 Å². The number of hydrogen-bond acceptors (Lipinski definition) is 3. The summed E-state index contributed by atoms with van der Waals surface area (Å²) in [4.78, 5) is 12.7. The van der Waals surface area contributed by atoms with E-state index in [2.05, 4.69) is 31.7 Å². The number of amides is 1. The number of carbonyl (C=O) groups is 1. The van der Waals surface area contributed by atoms with Gasteiger partial charge in [0.25, 0.3) is 12.3 Å². The molecule has 1 aliphatic carbocycles. The van der Waals surface area contributed by atoms with E-state index in [1.807, 2.05) is 0 Å². The average molecular weight is 442 g/mol. The van der Waals surface area contributed by atoms with Crippen LogP contribution in [0.4, 0.5) is 20.3 Å². The van der Waals surface area contributed by atoms with E-state index < -0.39 is 12.3 Å². The van der Waals surface area contributed by atoms with E-state index >= 15 is 0 Å². The highest BCUT2D eigenvalue weighted by Gasteiger charge is 2.30. The number of alkyl halides is 2. The number of fused-ring (bicyclic) bond motifs is 1. The fourth-order valence-corrected chi connectivity index (χ4v) is 3.38. The molecule has 1 aliphatic heterocycles. The summed E-state index contributed by atoms with van der Waals surface area (Å²) in [7, 11) is 0. The van der Waals surface area contributed by atoms with Crippen LogP contribution < -0.4 is 10.6 Å². The molecule has 1 fully saturated rings. The van der Waals surface area contributed by atoms with Crippen LogP contribution in [0.15, 0.2) is 46.2 Å². The number of aromatic nitrogens is 2. The average Bonchev–Trinajstić information content (AvgIpc) is 3.35. The number of hydrogen-bond donors (Lipinski definition) is 2. The lowest BCUT2D eigenvalue weighted by atomic mass is 10.2. The van der Waals surface area contributed by atoms with Crippen LogP contribution in [0.25, 0.3) is 5.70 Å². The Bertz CT molecular complexity index is 977. The second kappa shape index (κ2) is 6.51. The molecular formula is C17H12BrClF2N4O. The van der Waals surface area contributed by atoms with Crippen LogP contribution in [0.3, 0.4) is 0 Å². The van der Waals surface area contributed by atoms with E-state index in [9.17, 15) is 13.6 Å². The Morgan fingerprint density at radius 1 is 1.38 bits per heavy atom. The lowest BCUT2D eigenvalue weighted by Crippen LogP contribution is -2.20. The molecule has 1 amide bonds. The molecule has 0 unspecified atom stereocenters. The van der Waals surface area contributed by atoms with Gasteiger partial charge < -0.3 is 10.6 Å². The van der Waals surface area contributed by atoms with E-state index in [-0.39, 0.29) is 17.1 Å². The first kappa shape index (κ1) is 17.2. The second-order valence-electron chi connectivity index (χ2n) is 5.91. The van der Waals surface area contributed by atoms with Gasteiger partial charge in [-0.1, -0.05) is 27.5 Å². The molecule has 5 nitrogen and oxygen atoms in total. The Kier molecular flexibility index (Phi) is 4.32. The van der Waals surface area contributed by atoms with Crippen LogP contribution in [0.2, 0.25) is 5.02 Å². The quantitative estimate of drug-likeness (QED) is 0.694. The first-order chi connectivity index (χ1) is 12.4. The molecule has 0 radical (unpaired) electrons. The summed E-state index contributed by atoms with van der Waals surface area (Å²) in [5, 5.41) is 10.0. The third-order valence-electron chi connectivity index (χ3n) is 4.09. The largest absolute Gasteiger partial charge is 0.339 e. The summed E-state index contributed by atoms with van der Waals surface area (Å²) in [6, 6.07) is 5.03. The van der Waals surface area contributed by atoms with E-state index in [0.717, 1.165) is 27.6 Å². The van der Waals surface area contributed by atoms with Gasteiger partial charge in [-0.3, -0.25) is 4.79 Å². The summed E-state index contributed by atoms with van der Waals surface area (Å²) in [5.74, 6) is -0.262. The number of carbonyl (C=O) groups excluding carboxylic acids is 1. The smallest absolute Gasteiger partial charge is 0.280 e. The van der Waals surface area contributed by atoms with Crippen molar-refractivity contribution in [2.24, 2.45) is 0 Å². The first-order valence-corrected chi connectivity index (χ1v) is 8.94. The van der Waals surface area contributed by atoms with Gasteiger partial charge in [-0.05, 0) is 42.7 Å². The van der Waals surface area contributed by atoms with Gasteiger partial charge in [-0.2, -0.15) is 5.10 Å². The highest BCUT2D eigenvalue weighted by molar-refractivity contribution is 9.10. The normalized spacial score (nSPS) is 15.5. The van der Waals surface area contributed by atoms with E-state index in [4.69, 9.17) is 11.6 Å². The monoisotopic (exact) mass is 440 g/mol. The number of rotatable bonds is 3. The van der Waals surface area contributed by atoms with E-state index in [0.29, 0.717) is 16.4 Å². The standard InChI is InChI=1S/C17H12BrClF2N4O/c18-9-3-4-12(11(19)5-9)24-17(26)10-7-22-25-14(15(20)21)6-13(8-1-2-8)23-16(10)25/h3-7,15,23H,1-2H2,(H,24,26). The molecule has 0 atom stereocenters. The fourth-order valence-electron chi connectivity index (χ4n) is 2.66. The molecule has 2 aliphatic rings. The summed E-state index contributed by atoms with van der Waals surface area (Å²) in [6.07, 6.45) is 1.67. The van der Waals surface area contributed by atoms with Crippen molar-refractivity contribution in [2.45, 2.75) is 19.3 Å². The van der Waals surface area contributed by atoms with Gasteiger partial charge in [0, 0.05) is 10.2 Å². The summed E-state index contributed by atoms with van der Waals surface area (Å²) in [6.45, 7) is 0. The molecular weight excluding hydrogens is 430 g/mol. The molecule has 2 heterocycles. The molecule has 0 bridgehead atoms. The van der Waals surface area contributed by atoms with Crippen LogP contribution in [-0.4, -0.2) is 22.1 Å². The Labute approximate surface area is 160 Å². The van der Waals surface area contributed by atoms with E-state index in [1.165, 1.54) is 12.3 Å². The third kappa shape index (κ3) is 3.14. The molecule has 0 spiro atoms. The number of nitrogens with zero attached hydrogens (tertiary/aromatic N) is 2. The Hall–Kier alpha value is -2.19. The maximum absolute atomic E-state index is 13.4. The van der Waals surface area contributed by atoms with E-state index in [1.54, 1.807) is 18.2 Å². The first-order valence-electron chi connectivity index (χ1n) is 7.77. The van der Waals surface area contributed by atoms with Crippen molar-refractivity contribution in [3.63, 3.8) is 0 Å². The molecule has 9 heteroatoms. The predicted molar refractivity (Wildman–Crippen MR) is 99.5 cm³/mol. The Morgan fingerprint density at radius 3 is 2.81 bits per heavy atom. The summed E-state index contributed by atoms with van der Waals surface area (Å²) >= 11 is 9.41. The molecule has 0 saturated heterocycles. The highest BCUT2D eigenvalue weighted by Crippen LogP contribution is 2.38. The van der Waals surface area contributed by atoms with Crippen molar-refractivity contribution in [3.05, 3.63) is 56.8 Å². The third-order valence-corrected chi connectivity index (χ3v) is 4.89. The number of halogens is 4. The molecule has 2 aromatic rings. The van der Waals surface area contributed by atoms with Gasteiger partial charge in [0.2, 0.25) is 0 Å². The molecule has 1 saturated carbocycles. The number of nitrogens with one attached hydrogen (secondary N) is 2. The van der Waals surface area contributed by atoms with Crippen molar-refractivity contribution in [1.29, 1.82) is 0 Å². The minimum Gasteiger partial charge on any atom is -0.339 e. The zero-order valence-electron chi connectivity index (χ0n) is 13.2. The Balaban J connectivity index is 1.68. The minimum atomic E-state index is -2.71. The zero-order chi connectivity index (χ0) is 18.4. The maximum atomic E-state index is 13.4. The van der Waals surface area contributed by atoms with Crippen LogP contribution in [-0.2, 0) is 0 Å². The lowest BCUT2D eigenvalue weighted by molar-refractivity contribution is 0.102. The molecule has 26 heavy (non-hydrogen) atoms. The van der Waals surface area contributed by atoms with Gasteiger partial charge in [-0.15, -0.1) is 0 Å².